The smallest absolute Gasteiger partial charge is 0.321 e. The van der Waals surface area contributed by atoms with E-state index in [-0.39, 0.29) is 12.1 Å². The lowest BCUT2D eigenvalue weighted by Gasteiger charge is -2.22. The monoisotopic (exact) mass is 374 g/mol. The van der Waals surface area contributed by atoms with Gasteiger partial charge in [-0.2, -0.15) is 10.2 Å². The summed E-state index contributed by atoms with van der Waals surface area (Å²) in [5.41, 5.74) is 1.35. The van der Waals surface area contributed by atoms with Crippen molar-refractivity contribution in [1.82, 2.24) is 29.4 Å². The fourth-order valence-electron chi connectivity index (χ4n) is 2.93. The Balaban J connectivity index is 1.51. The van der Waals surface area contributed by atoms with Gasteiger partial charge in [-0.3, -0.25) is 9.36 Å². The summed E-state index contributed by atoms with van der Waals surface area (Å²) in [5.74, 6) is 0. The minimum atomic E-state index is -0.169. The number of hydrogen-bond donors (Lipinski definition) is 2. The van der Waals surface area contributed by atoms with Crippen LogP contribution in [-0.4, -0.2) is 67.6 Å². The van der Waals surface area contributed by atoms with Crippen molar-refractivity contribution in [1.29, 1.82) is 0 Å². The van der Waals surface area contributed by atoms with Crippen LogP contribution in [0, 0.1) is 0 Å². The van der Waals surface area contributed by atoms with Crippen LogP contribution in [0.2, 0.25) is 0 Å². The van der Waals surface area contributed by atoms with Crippen LogP contribution in [0.15, 0.2) is 24.8 Å². The molecule has 4 amide bonds. The quantitative estimate of drug-likeness (QED) is 0.853. The van der Waals surface area contributed by atoms with Gasteiger partial charge in [-0.05, 0) is 20.3 Å². The number of carbonyl (C=O) groups is 2. The molecule has 1 saturated heterocycles. The fourth-order valence-corrected chi connectivity index (χ4v) is 2.93. The van der Waals surface area contributed by atoms with Crippen LogP contribution in [0.1, 0.15) is 20.3 Å². The minimum Gasteiger partial charge on any atom is -0.323 e. The largest absolute Gasteiger partial charge is 0.323 e. The van der Waals surface area contributed by atoms with Gasteiger partial charge >= 0.3 is 12.1 Å². The zero-order chi connectivity index (χ0) is 19.2. The molecule has 27 heavy (non-hydrogen) atoms. The van der Waals surface area contributed by atoms with E-state index in [1.807, 2.05) is 13.8 Å². The van der Waals surface area contributed by atoms with Crippen molar-refractivity contribution in [3.8, 4) is 0 Å². The molecule has 0 saturated carbocycles. The molecule has 1 aliphatic rings. The van der Waals surface area contributed by atoms with Crippen LogP contribution < -0.4 is 10.6 Å². The van der Waals surface area contributed by atoms with Gasteiger partial charge in [-0.1, -0.05) is 0 Å². The van der Waals surface area contributed by atoms with Gasteiger partial charge in [0.15, 0.2) is 0 Å². The summed E-state index contributed by atoms with van der Waals surface area (Å²) in [6.45, 7) is 7.64. The topological polar surface area (TPSA) is 100 Å². The highest BCUT2D eigenvalue weighted by Gasteiger charge is 2.22. The number of urea groups is 2. The predicted molar refractivity (Wildman–Crippen MR) is 102 cm³/mol. The molecule has 146 valence electrons. The SMILES string of the molecule is CCn1cc(NC(=O)N2CCCN(C(=O)Nc3cnn(CC)c3)CC2)cn1. The van der Waals surface area contributed by atoms with Crippen LogP contribution >= 0.6 is 0 Å². The molecule has 10 nitrogen and oxygen atoms in total. The number of aryl methyl sites for hydroxylation is 2. The Kier molecular flexibility index (Phi) is 5.94. The molecule has 0 aromatic carbocycles. The highest BCUT2D eigenvalue weighted by Crippen LogP contribution is 2.11. The maximum absolute atomic E-state index is 12.5. The molecule has 0 aliphatic carbocycles. The molecule has 0 radical (unpaired) electrons. The van der Waals surface area contributed by atoms with Crippen LogP contribution in [0.5, 0.6) is 0 Å². The molecule has 2 aromatic rings. The first-order valence-electron chi connectivity index (χ1n) is 9.25. The molecule has 2 aromatic heterocycles. The predicted octanol–water partition coefficient (Wildman–Crippen LogP) is 1.89. The lowest BCUT2D eigenvalue weighted by molar-refractivity contribution is 0.205. The minimum absolute atomic E-state index is 0.169. The summed E-state index contributed by atoms with van der Waals surface area (Å²) in [7, 11) is 0. The Morgan fingerprint density at radius 1 is 0.852 bits per heavy atom. The molecule has 2 N–H and O–H groups in total. The Hall–Kier alpha value is -3.04. The van der Waals surface area contributed by atoms with Crippen LogP contribution in [0.25, 0.3) is 0 Å². The van der Waals surface area contributed by atoms with E-state index in [0.717, 1.165) is 19.5 Å². The Bertz CT molecular complexity index is 719. The van der Waals surface area contributed by atoms with Gasteiger partial charge in [0, 0.05) is 51.7 Å². The summed E-state index contributed by atoms with van der Waals surface area (Å²) < 4.78 is 3.51. The zero-order valence-corrected chi connectivity index (χ0v) is 15.8. The second-order valence-electron chi connectivity index (χ2n) is 6.36. The lowest BCUT2D eigenvalue weighted by Crippen LogP contribution is -2.40. The molecular formula is C17H26N8O2. The van der Waals surface area contributed by atoms with Gasteiger partial charge < -0.3 is 20.4 Å². The average Bonchev–Trinajstić information content (AvgIpc) is 3.23. The van der Waals surface area contributed by atoms with Gasteiger partial charge in [0.1, 0.15) is 0 Å². The second-order valence-corrected chi connectivity index (χ2v) is 6.36. The number of carbonyl (C=O) groups excluding carboxylic acids is 2. The molecular weight excluding hydrogens is 348 g/mol. The van der Waals surface area contributed by atoms with E-state index in [1.165, 1.54) is 0 Å². The highest BCUT2D eigenvalue weighted by atomic mass is 16.2. The molecule has 3 rings (SSSR count). The first-order chi connectivity index (χ1) is 13.1. The molecule has 1 fully saturated rings. The summed E-state index contributed by atoms with van der Waals surface area (Å²) in [4.78, 5) is 28.4. The molecule has 10 heteroatoms. The molecule has 1 aliphatic heterocycles. The van der Waals surface area contributed by atoms with E-state index in [0.29, 0.717) is 37.6 Å². The van der Waals surface area contributed by atoms with Crippen molar-refractivity contribution >= 4 is 23.4 Å². The van der Waals surface area contributed by atoms with Crippen molar-refractivity contribution in [2.75, 3.05) is 36.8 Å². The van der Waals surface area contributed by atoms with E-state index >= 15 is 0 Å². The maximum atomic E-state index is 12.5. The van der Waals surface area contributed by atoms with Crippen LogP contribution in [-0.2, 0) is 13.1 Å². The molecule has 0 bridgehead atoms. The number of rotatable bonds is 4. The molecule has 0 atom stereocenters. The van der Waals surface area contributed by atoms with E-state index in [1.54, 1.807) is 44.0 Å². The number of anilines is 2. The van der Waals surface area contributed by atoms with Gasteiger partial charge in [0.25, 0.3) is 0 Å². The standard InChI is InChI=1S/C17H26N8O2/c1-3-24-12-14(10-18-24)20-16(26)22-6-5-7-23(9-8-22)17(27)21-15-11-19-25(4-2)13-15/h10-13H,3-9H2,1-2H3,(H,20,26)(H,21,27). The Morgan fingerprint density at radius 2 is 1.30 bits per heavy atom. The van der Waals surface area contributed by atoms with Crippen molar-refractivity contribution in [3.05, 3.63) is 24.8 Å². The summed E-state index contributed by atoms with van der Waals surface area (Å²) in [6.07, 6.45) is 7.59. The Labute approximate surface area is 158 Å². The van der Waals surface area contributed by atoms with Gasteiger partial charge in [0.2, 0.25) is 0 Å². The first kappa shape index (κ1) is 18.7. The van der Waals surface area contributed by atoms with E-state index in [9.17, 15) is 9.59 Å². The molecule has 0 spiro atoms. The number of hydrogen-bond acceptors (Lipinski definition) is 4. The number of amides is 4. The lowest BCUT2D eigenvalue weighted by atomic mass is 10.4. The Morgan fingerprint density at radius 3 is 1.67 bits per heavy atom. The third-order valence-corrected chi connectivity index (χ3v) is 4.49. The number of nitrogens with one attached hydrogen (secondary N) is 2. The van der Waals surface area contributed by atoms with Crippen molar-refractivity contribution in [2.24, 2.45) is 0 Å². The normalized spacial score (nSPS) is 14.7. The number of nitrogens with zero attached hydrogens (tertiary/aromatic N) is 6. The van der Waals surface area contributed by atoms with Crippen LogP contribution in [0.3, 0.4) is 0 Å². The zero-order valence-electron chi connectivity index (χ0n) is 15.8. The van der Waals surface area contributed by atoms with Crippen LogP contribution in [0.4, 0.5) is 21.0 Å². The maximum Gasteiger partial charge on any atom is 0.321 e. The fraction of sp³-hybridized carbons (Fsp3) is 0.529. The first-order valence-corrected chi connectivity index (χ1v) is 9.25. The van der Waals surface area contributed by atoms with E-state index in [2.05, 4.69) is 20.8 Å². The summed E-state index contributed by atoms with van der Waals surface area (Å²) in [5, 5.41) is 14.0. The summed E-state index contributed by atoms with van der Waals surface area (Å²) >= 11 is 0. The number of aromatic nitrogens is 4. The summed E-state index contributed by atoms with van der Waals surface area (Å²) in [6, 6.07) is -0.339. The third kappa shape index (κ3) is 4.78. The van der Waals surface area contributed by atoms with Gasteiger partial charge in [0.05, 0.1) is 23.8 Å². The second kappa shape index (κ2) is 8.56. The molecule has 0 unspecified atom stereocenters. The average molecular weight is 374 g/mol. The van der Waals surface area contributed by atoms with Gasteiger partial charge in [-0.15, -0.1) is 0 Å². The third-order valence-electron chi connectivity index (χ3n) is 4.49. The van der Waals surface area contributed by atoms with Crippen molar-refractivity contribution in [3.63, 3.8) is 0 Å². The van der Waals surface area contributed by atoms with Crippen molar-refractivity contribution in [2.45, 2.75) is 33.4 Å². The highest BCUT2D eigenvalue weighted by molar-refractivity contribution is 5.90. The van der Waals surface area contributed by atoms with Crippen molar-refractivity contribution < 1.29 is 9.59 Å². The van der Waals surface area contributed by atoms with Gasteiger partial charge in [-0.25, -0.2) is 9.59 Å². The van der Waals surface area contributed by atoms with E-state index in [4.69, 9.17) is 0 Å². The molecule has 3 heterocycles. The van der Waals surface area contributed by atoms with E-state index < -0.39 is 0 Å².